The van der Waals surface area contributed by atoms with Crippen molar-refractivity contribution >= 4 is 11.9 Å². The number of rotatable bonds is 8. The topological polar surface area (TPSA) is 55.8 Å². The normalized spacial score (nSPS) is 13.3. The molecule has 0 unspecified atom stereocenters. The van der Waals surface area contributed by atoms with E-state index < -0.39 is 0 Å². The molecule has 27 heavy (non-hydrogen) atoms. The second-order valence-corrected chi connectivity index (χ2v) is 7.01. The first-order valence-corrected chi connectivity index (χ1v) is 9.30. The van der Waals surface area contributed by atoms with Crippen LogP contribution in [0.5, 0.6) is 5.75 Å². The standard InChI is InChI=1S/C22H25NO4/c1-16(2)27-22(25)18-8-12-20(13-9-18)26-15-21(24)23(19-10-11-19)14-17-6-4-3-5-7-17/h3-9,12-13,16,19H,10-11,14-15H2,1-2H3. The minimum atomic E-state index is -0.365. The lowest BCUT2D eigenvalue weighted by molar-refractivity contribution is -0.134. The molecule has 0 saturated heterocycles. The summed E-state index contributed by atoms with van der Waals surface area (Å²) in [4.78, 5) is 26.4. The molecule has 2 aromatic carbocycles. The van der Waals surface area contributed by atoms with Gasteiger partial charge >= 0.3 is 5.97 Å². The van der Waals surface area contributed by atoms with Crippen LogP contribution in [0.15, 0.2) is 54.6 Å². The Morgan fingerprint density at radius 1 is 1.04 bits per heavy atom. The molecular formula is C22H25NO4. The van der Waals surface area contributed by atoms with Crippen molar-refractivity contribution in [3.8, 4) is 5.75 Å². The van der Waals surface area contributed by atoms with E-state index in [1.54, 1.807) is 24.3 Å². The molecule has 0 N–H and O–H groups in total. The zero-order valence-corrected chi connectivity index (χ0v) is 15.8. The van der Waals surface area contributed by atoms with Crippen LogP contribution in [-0.4, -0.2) is 35.5 Å². The van der Waals surface area contributed by atoms with Gasteiger partial charge in [0.2, 0.25) is 0 Å². The highest BCUT2D eigenvalue weighted by Gasteiger charge is 2.32. The predicted octanol–water partition coefficient (Wildman–Crippen LogP) is 3.82. The molecule has 3 rings (SSSR count). The van der Waals surface area contributed by atoms with E-state index in [4.69, 9.17) is 9.47 Å². The molecule has 0 radical (unpaired) electrons. The summed E-state index contributed by atoms with van der Waals surface area (Å²) in [5.41, 5.74) is 1.58. The Hall–Kier alpha value is -2.82. The number of amides is 1. The van der Waals surface area contributed by atoms with Crippen LogP contribution in [0.3, 0.4) is 0 Å². The second kappa shape index (κ2) is 8.71. The van der Waals surface area contributed by atoms with Gasteiger partial charge in [0, 0.05) is 12.6 Å². The number of carbonyl (C=O) groups is 2. The van der Waals surface area contributed by atoms with E-state index in [0.717, 1.165) is 18.4 Å². The molecule has 142 valence electrons. The highest BCUT2D eigenvalue weighted by molar-refractivity contribution is 5.89. The lowest BCUT2D eigenvalue weighted by Crippen LogP contribution is -2.36. The number of hydrogen-bond acceptors (Lipinski definition) is 4. The molecule has 1 aliphatic rings. The Kier molecular flexibility index (Phi) is 6.12. The first-order chi connectivity index (χ1) is 13.0. The minimum Gasteiger partial charge on any atom is -0.484 e. The van der Waals surface area contributed by atoms with Gasteiger partial charge in [-0.1, -0.05) is 30.3 Å². The maximum Gasteiger partial charge on any atom is 0.338 e. The van der Waals surface area contributed by atoms with Gasteiger partial charge in [0.05, 0.1) is 11.7 Å². The largest absolute Gasteiger partial charge is 0.484 e. The maximum atomic E-state index is 12.6. The molecule has 1 aliphatic carbocycles. The lowest BCUT2D eigenvalue weighted by atomic mass is 10.2. The van der Waals surface area contributed by atoms with Crippen molar-refractivity contribution in [3.05, 3.63) is 65.7 Å². The molecule has 0 heterocycles. The highest BCUT2D eigenvalue weighted by atomic mass is 16.5. The third-order valence-electron chi connectivity index (χ3n) is 4.30. The first-order valence-electron chi connectivity index (χ1n) is 9.30. The summed E-state index contributed by atoms with van der Waals surface area (Å²) in [6.07, 6.45) is 1.93. The molecule has 0 bridgehead atoms. The number of ether oxygens (including phenoxy) is 2. The van der Waals surface area contributed by atoms with Crippen molar-refractivity contribution in [1.82, 2.24) is 4.90 Å². The van der Waals surface area contributed by atoms with Gasteiger partial charge in [0.15, 0.2) is 6.61 Å². The lowest BCUT2D eigenvalue weighted by Gasteiger charge is -2.22. The summed E-state index contributed by atoms with van der Waals surface area (Å²) in [5, 5.41) is 0. The molecule has 1 amide bonds. The quantitative estimate of drug-likeness (QED) is 0.666. The number of benzene rings is 2. The summed E-state index contributed by atoms with van der Waals surface area (Å²) >= 11 is 0. The predicted molar refractivity (Wildman–Crippen MR) is 103 cm³/mol. The third-order valence-corrected chi connectivity index (χ3v) is 4.30. The number of hydrogen-bond donors (Lipinski definition) is 0. The van der Waals surface area contributed by atoms with Gasteiger partial charge in [-0.2, -0.15) is 0 Å². The van der Waals surface area contributed by atoms with Crippen molar-refractivity contribution in [2.75, 3.05) is 6.61 Å². The third kappa shape index (κ3) is 5.58. The van der Waals surface area contributed by atoms with Gasteiger partial charge in [0.25, 0.3) is 5.91 Å². The van der Waals surface area contributed by atoms with Crippen LogP contribution in [0.1, 0.15) is 42.6 Å². The summed E-state index contributed by atoms with van der Waals surface area (Å²) in [7, 11) is 0. The van der Waals surface area contributed by atoms with Gasteiger partial charge in [0.1, 0.15) is 5.75 Å². The smallest absolute Gasteiger partial charge is 0.338 e. The van der Waals surface area contributed by atoms with E-state index in [1.165, 1.54) is 0 Å². The van der Waals surface area contributed by atoms with Gasteiger partial charge < -0.3 is 14.4 Å². The molecular weight excluding hydrogens is 342 g/mol. The van der Waals surface area contributed by atoms with Crippen molar-refractivity contribution < 1.29 is 19.1 Å². The van der Waals surface area contributed by atoms with Crippen LogP contribution < -0.4 is 4.74 Å². The van der Waals surface area contributed by atoms with Crippen molar-refractivity contribution in [1.29, 1.82) is 0 Å². The molecule has 0 aromatic heterocycles. The monoisotopic (exact) mass is 367 g/mol. The fourth-order valence-corrected chi connectivity index (χ4v) is 2.78. The van der Waals surface area contributed by atoms with Crippen molar-refractivity contribution in [2.24, 2.45) is 0 Å². The summed E-state index contributed by atoms with van der Waals surface area (Å²) < 4.78 is 10.8. The zero-order chi connectivity index (χ0) is 19.2. The van der Waals surface area contributed by atoms with E-state index in [-0.39, 0.29) is 24.6 Å². The maximum absolute atomic E-state index is 12.6. The highest BCUT2D eigenvalue weighted by Crippen LogP contribution is 2.28. The van der Waals surface area contributed by atoms with Gasteiger partial charge in [-0.25, -0.2) is 4.79 Å². The Morgan fingerprint density at radius 3 is 2.30 bits per heavy atom. The summed E-state index contributed by atoms with van der Waals surface area (Å²) in [6.45, 7) is 4.21. The number of esters is 1. The van der Waals surface area contributed by atoms with E-state index in [1.807, 2.05) is 49.1 Å². The van der Waals surface area contributed by atoms with Crippen molar-refractivity contribution in [3.63, 3.8) is 0 Å². The zero-order valence-electron chi connectivity index (χ0n) is 15.8. The van der Waals surface area contributed by atoms with Crippen LogP contribution >= 0.6 is 0 Å². The van der Waals surface area contributed by atoms with E-state index in [9.17, 15) is 9.59 Å². The summed E-state index contributed by atoms with van der Waals surface area (Å²) in [5.74, 6) is 0.167. The van der Waals surface area contributed by atoms with Crippen molar-refractivity contribution in [2.45, 2.75) is 45.4 Å². The van der Waals surface area contributed by atoms with E-state index in [0.29, 0.717) is 23.9 Å². The number of carbonyl (C=O) groups excluding carboxylic acids is 2. The Bertz CT molecular complexity index is 767. The molecule has 0 atom stereocenters. The SMILES string of the molecule is CC(C)OC(=O)c1ccc(OCC(=O)N(Cc2ccccc2)C2CC2)cc1. The minimum absolute atomic E-state index is 0.0148. The van der Waals surface area contributed by atoms with Crippen LogP contribution in [0, 0.1) is 0 Å². The van der Waals surface area contributed by atoms with Gasteiger partial charge in [-0.15, -0.1) is 0 Å². The van der Waals surface area contributed by atoms with Gasteiger partial charge in [-0.05, 0) is 56.5 Å². The van der Waals surface area contributed by atoms with Gasteiger partial charge in [-0.3, -0.25) is 4.79 Å². The molecule has 5 nitrogen and oxygen atoms in total. The van der Waals surface area contributed by atoms with Crippen LogP contribution in [0.25, 0.3) is 0 Å². The molecule has 1 saturated carbocycles. The Morgan fingerprint density at radius 2 is 1.70 bits per heavy atom. The fraction of sp³-hybridized carbons (Fsp3) is 0.364. The fourth-order valence-electron chi connectivity index (χ4n) is 2.78. The number of nitrogens with zero attached hydrogens (tertiary/aromatic N) is 1. The molecule has 1 fully saturated rings. The Labute approximate surface area is 159 Å². The molecule has 2 aromatic rings. The van der Waals surface area contributed by atoms with Crippen LogP contribution in [-0.2, 0) is 16.1 Å². The van der Waals surface area contributed by atoms with E-state index in [2.05, 4.69) is 0 Å². The first kappa shape index (κ1) is 19.0. The molecule has 0 spiro atoms. The Balaban J connectivity index is 1.55. The van der Waals surface area contributed by atoms with Crippen LogP contribution in [0.4, 0.5) is 0 Å². The second-order valence-electron chi connectivity index (χ2n) is 7.01. The average Bonchev–Trinajstić information content (AvgIpc) is 3.50. The summed E-state index contributed by atoms with van der Waals surface area (Å²) in [6, 6.07) is 17.0. The van der Waals surface area contributed by atoms with E-state index >= 15 is 0 Å². The van der Waals surface area contributed by atoms with Crippen LogP contribution in [0.2, 0.25) is 0 Å². The molecule has 5 heteroatoms. The molecule has 0 aliphatic heterocycles. The average molecular weight is 367 g/mol.